The molecule has 0 saturated carbocycles. The minimum Gasteiger partial charge on any atom is -0.463 e. The minimum absolute atomic E-state index is 0.136. The van der Waals surface area contributed by atoms with Crippen molar-refractivity contribution in [2.24, 2.45) is 15.4 Å². The van der Waals surface area contributed by atoms with Crippen LogP contribution in [0.1, 0.15) is 45.4 Å². The van der Waals surface area contributed by atoms with E-state index in [-0.39, 0.29) is 6.61 Å². The molecule has 0 saturated heterocycles. The van der Waals surface area contributed by atoms with Gasteiger partial charge in [0.2, 0.25) is 12.2 Å². The number of rotatable bonds is 15. The molecule has 0 spiro atoms. The van der Waals surface area contributed by atoms with E-state index in [2.05, 4.69) is 9.98 Å². The number of aliphatic hydroxyl groups is 2. The van der Waals surface area contributed by atoms with Gasteiger partial charge in [-0.05, 0) is 19.3 Å². The molecule has 9 nitrogen and oxygen atoms in total. The molecule has 0 aromatic rings. The number of carbonyl (C=O) groups is 1. The van der Waals surface area contributed by atoms with E-state index < -0.39 is 24.6 Å². The second-order valence-electron chi connectivity index (χ2n) is 5.79. The Bertz CT molecular complexity index is 424. The average molecular weight is 388 g/mol. The van der Waals surface area contributed by atoms with Crippen LogP contribution in [0.2, 0.25) is 0 Å². The van der Waals surface area contributed by atoms with E-state index in [9.17, 15) is 14.4 Å². The molecule has 9 heteroatoms. The minimum atomic E-state index is -1.17. The first-order valence-electron chi connectivity index (χ1n) is 9.03. The molecule has 0 unspecified atom stereocenters. The van der Waals surface area contributed by atoms with Gasteiger partial charge < -0.3 is 19.7 Å². The molecule has 0 aliphatic carbocycles. The zero-order valence-corrected chi connectivity index (χ0v) is 16.3. The van der Waals surface area contributed by atoms with Crippen molar-refractivity contribution >= 4 is 18.1 Å². The number of hydrogen-bond acceptors (Lipinski definition) is 9. The van der Waals surface area contributed by atoms with Gasteiger partial charge >= 0.3 is 5.97 Å². The smallest absolute Gasteiger partial charge is 0.316 e. The first-order valence-corrected chi connectivity index (χ1v) is 9.03. The zero-order chi connectivity index (χ0) is 20.8. The summed E-state index contributed by atoms with van der Waals surface area (Å²) in [6.45, 7) is 2.49. The maximum Gasteiger partial charge on any atom is 0.316 e. The van der Waals surface area contributed by atoms with Gasteiger partial charge in [0, 0.05) is 7.11 Å². The van der Waals surface area contributed by atoms with Crippen LogP contribution in [0.5, 0.6) is 0 Å². The van der Waals surface area contributed by atoms with E-state index in [1.807, 2.05) is 0 Å². The number of carbonyl (C=O) groups excluding carboxylic acids is 3. The number of hydrogen-bond donors (Lipinski definition) is 2. The van der Waals surface area contributed by atoms with E-state index >= 15 is 0 Å². The quantitative estimate of drug-likeness (QED) is 0.186. The number of isocyanates is 2. The van der Waals surface area contributed by atoms with Crippen LogP contribution in [0.25, 0.3) is 0 Å². The number of methoxy groups -OCH3 is 1. The largest absolute Gasteiger partial charge is 0.463 e. The fraction of sp³-hybridized carbons (Fsp3) is 0.833. The topological polar surface area (TPSA) is 135 Å². The first-order chi connectivity index (χ1) is 13.1. The van der Waals surface area contributed by atoms with E-state index in [0.717, 1.165) is 32.1 Å². The molecule has 0 radical (unpaired) electrons. The van der Waals surface area contributed by atoms with Gasteiger partial charge in [-0.15, -0.1) is 0 Å². The summed E-state index contributed by atoms with van der Waals surface area (Å²) in [6.07, 6.45) is 8.45. The summed E-state index contributed by atoms with van der Waals surface area (Å²) in [5.74, 6) is -0.581. The predicted molar refractivity (Wildman–Crippen MR) is 98.8 cm³/mol. The van der Waals surface area contributed by atoms with Crippen LogP contribution < -0.4 is 0 Å². The predicted octanol–water partition coefficient (Wildman–Crippen LogP) is 1.17. The van der Waals surface area contributed by atoms with Crippen LogP contribution >= 0.6 is 0 Å². The lowest BCUT2D eigenvalue weighted by Gasteiger charge is -2.25. The van der Waals surface area contributed by atoms with Crippen LogP contribution in [0.3, 0.4) is 0 Å². The second-order valence-corrected chi connectivity index (χ2v) is 5.79. The van der Waals surface area contributed by atoms with E-state index in [4.69, 9.17) is 19.7 Å². The van der Waals surface area contributed by atoms with Crippen molar-refractivity contribution in [3.8, 4) is 0 Å². The van der Waals surface area contributed by atoms with Crippen molar-refractivity contribution in [2.75, 3.05) is 46.6 Å². The van der Waals surface area contributed by atoms with Gasteiger partial charge in [-0.1, -0.05) is 26.2 Å². The van der Waals surface area contributed by atoms with E-state index in [1.54, 1.807) is 6.92 Å². The zero-order valence-electron chi connectivity index (χ0n) is 16.3. The molecule has 0 aliphatic heterocycles. The summed E-state index contributed by atoms with van der Waals surface area (Å²) >= 11 is 0. The van der Waals surface area contributed by atoms with Gasteiger partial charge in [-0.2, -0.15) is 0 Å². The Hall–Kier alpha value is -1.89. The molecule has 0 amide bonds. The van der Waals surface area contributed by atoms with Gasteiger partial charge in [-0.3, -0.25) is 4.79 Å². The van der Waals surface area contributed by atoms with Crippen molar-refractivity contribution in [2.45, 2.75) is 45.4 Å². The Kier molecular flexibility index (Phi) is 20.7. The summed E-state index contributed by atoms with van der Waals surface area (Å²) in [7, 11) is 1.50. The highest BCUT2D eigenvalue weighted by molar-refractivity contribution is 5.77. The summed E-state index contributed by atoms with van der Waals surface area (Å²) in [4.78, 5) is 37.7. The Morgan fingerprint density at radius 3 is 1.78 bits per heavy atom. The molecule has 2 N–H and O–H groups in total. The molecule has 0 atom stereocenters. The molecule has 156 valence electrons. The summed E-state index contributed by atoms with van der Waals surface area (Å²) in [6, 6.07) is 0. The standard InChI is InChI=1S/C9H14N2O2.C9H18O5/c12-8-10-6-4-2-1-3-5-7-11-9-13;1-3-9(6-10,7-11)8(12)14-5-4-13-2/h1-7H2;10-11H,3-7H2,1-2H3. The normalized spacial score (nSPS) is 10.1. The monoisotopic (exact) mass is 388 g/mol. The number of ether oxygens (including phenoxy) is 2. The maximum absolute atomic E-state index is 11.4. The van der Waals surface area contributed by atoms with Gasteiger partial charge in [0.15, 0.2) is 0 Å². The van der Waals surface area contributed by atoms with Crippen LogP contribution in [0, 0.1) is 5.41 Å². The highest BCUT2D eigenvalue weighted by atomic mass is 16.6. The van der Waals surface area contributed by atoms with Crippen LogP contribution in [0.15, 0.2) is 9.98 Å². The number of esters is 1. The highest BCUT2D eigenvalue weighted by Crippen LogP contribution is 2.22. The van der Waals surface area contributed by atoms with Gasteiger partial charge in [-0.25, -0.2) is 19.6 Å². The fourth-order valence-corrected chi connectivity index (χ4v) is 1.92. The van der Waals surface area contributed by atoms with Crippen LogP contribution in [0.4, 0.5) is 0 Å². The first kappa shape index (κ1) is 27.3. The SMILES string of the molecule is CCC(CO)(CO)C(=O)OCCOC.O=C=NCCCCCCCN=C=O. The second kappa shape index (κ2) is 20.4. The lowest BCUT2D eigenvalue weighted by molar-refractivity contribution is -0.163. The third-order valence-corrected chi connectivity index (χ3v) is 3.90. The van der Waals surface area contributed by atoms with E-state index in [0.29, 0.717) is 26.1 Å². The molecule has 0 fully saturated rings. The van der Waals surface area contributed by atoms with E-state index in [1.165, 1.54) is 19.3 Å². The summed E-state index contributed by atoms with van der Waals surface area (Å²) < 4.78 is 9.54. The van der Waals surface area contributed by atoms with Crippen molar-refractivity contribution in [1.29, 1.82) is 0 Å². The van der Waals surface area contributed by atoms with Crippen molar-refractivity contribution in [1.82, 2.24) is 0 Å². The Balaban J connectivity index is 0. The molecule has 0 heterocycles. The molecule has 0 bridgehead atoms. The molecule has 0 rings (SSSR count). The van der Waals surface area contributed by atoms with Crippen molar-refractivity contribution in [3.05, 3.63) is 0 Å². The molecule has 0 aliphatic rings. The number of aliphatic hydroxyl groups excluding tert-OH is 2. The number of nitrogens with zero attached hydrogens (tertiary/aromatic N) is 2. The van der Waals surface area contributed by atoms with Crippen LogP contribution in [-0.2, 0) is 23.9 Å². The Labute approximate surface area is 160 Å². The lowest BCUT2D eigenvalue weighted by atomic mass is 9.87. The molecule has 0 aromatic carbocycles. The molecular weight excluding hydrogens is 356 g/mol. The summed E-state index contributed by atoms with van der Waals surface area (Å²) in [5, 5.41) is 18.0. The average Bonchev–Trinajstić information content (AvgIpc) is 2.69. The Morgan fingerprint density at radius 2 is 1.41 bits per heavy atom. The fourth-order valence-electron chi connectivity index (χ4n) is 1.92. The number of aliphatic imine (C=N–C) groups is 2. The maximum atomic E-state index is 11.4. The summed E-state index contributed by atoms with van der Waals surface area (Å²) in [5.41, 5.74) is -1.17. The third kappa shape index (κ3) is 14.9. The molecule has 0 aromatic heterocycles. The molecular formula is C18H32N2O7. The van der Waals surface area contributed by atoms with Crippen LogP contribution in [-0.4, -0.2) is 75.0 Å². The van der Waals surface area contributed by atoms with Gasteiger partial charge in [0.25, 0.3) is 0 Å². The lowest BCUT2D eigenvalue weighted by Crippen LogP contribution is -2.39. The van der Waals surface area contributed by atoms with Crippen molar-refractivity contribution < 1.29 is 34.1 Å². The van der Waals surface area contributed by atoms with Crippen molar-refractivity contribution in [3.63, 3.8) is 0 Å². The third-order valence-electron chi connectivity index (χ3n) is 3.90. The molecule has 27 heavy (non-hydrogen) atoms. The van der Waals surface area contributed by atoms with Gasteiger partial charge in [0.05, 0.1) is 32.9 Å². The van der Waals surface area contributed by atoms with Gasteiger partial charge in [0.1, 0.15) is 12.0 Å². The Morgan fingerprint density at radius 1 is 0.926 bits per heavy atom. The number of unbranched alkanes of at least 4 members (excludes halogenated alkanes) is 4. The highest BCUT2D eigenvalue weighted by Gasteiger charge is 2.37.